The summed E-state index contributed by atoms with van der Waals surface area (Å²) in [7, 11) is 0. The summed E-state index contributed by atoms with van der Waals surface area (Å²) in [5, 5.41) is 10.9. The molecular weight excluding hydrogens is 287 g/mol. The molecule has 104 valence electrons. The average Bonchev–Trinajstić information content (AvgIpc) is 2.40. The molecule has 0 radical (unpaired) electrons. The van der Waals surface area contributed by atoms with Gasteiger partial charge < -0.3 is 10.5 Å². The van der Waals surface area contributed by atoms with Crippen molar-refractivity contribution in [3.63, 3.8) is 0 Å². The monoisotopic (exact) mass is 296 g/mol. The van der Waals surface area contributed by atoms with Crippen LogP contribution in [0.4, 0.5) is 10.1 Å². The van der Waals surface area contributed by atoms with Crippen LogP contribution in [-0.4, -0.2) is 4.92 Å². The van der Waals surface area contributed by atoms with E-state index in [0.717, 1.165) is 12.1 Å². The second-order valence-electron chi connectivity index (χ2n) is 3.90. The molecule has 2 aromatic carbocycles. The third-order valence-electron chi connectivity index (χ3n) is 2.60. The standard InChI is InChI=1S/C13H10ClFN2O3/c14-10-3-1-2-8(7-16)13(10)20-9-4-5-12(17(18)19)11(15)6-9/h1-6H,7,16H2. The Morgan fingerprint density at radius 3 is 2.70 bits per heavy atom. The topological polar surface area (TPSA) is 78.4 Å². The van der Waals surface area contributed by atoms with E-state index in [1.165, 1.54) is 6.07 Å². The maximum atomic E-state index is 13.5. The summed E-state index contributed by atoms with van der Waals surface area (Å²) in [6.45, 7) is 0.200. The zero-order valence-electron chi connectivity index (χ0n) is 10.2. The average molecular weight is 297 g/mol. The van der Waals surface area contributed by atoms with E-state index in [0.29, 0.717) is 16.3 Å². The largest absolute Gasteiger partial charge is 0.455 e. The van der Waals surface area contributed by atoms with Gasteiger partial charge in [0.05, 0.1) is 9.95 Å². The number of nitrogens with zero attached hydrogens (tertiary/aromatic N) is 1. The molecule has 0 heterocycles. The van der Waals surface area contributed by atoms with Gasteiger partial charge in [0.25, 0.3) is 0 Å². The summed E-state index contributed by atoms with van der Waals surface area (Å²) in [4.78, 5) is 9.73. The Morgan fingerprint density at radius 1 is 1.35 bits per heavy atom. The van der Waals surface area contributed by atoms with Crippen molar-refractivity contribution < 1.29 is 14.1 Å². The fourth-order valence-corrected chi connectivity index (χ4v) is 1.88. The Kier molecular flexibility index (Phi) is 4.16. The highest BCUT2D eigenvalue weighted by Crippen LogP contribution is 2.34. The minimum Gasteiger partial charge on any atom is -0.455 e. The molecule has 2 rings (SSSR count). The van der Waals surface area contributed by atoms with Crippen molar-refractivity contribution in [3.8, 4) is 11.5 Å². The first-order valence-corrected chi connectivity index (χ1v) is 6.00. The fourth-order valence-electron chi connectivity index (χ4n) is 1.65. The van der Waals surface area contributed by atoms with Crippen molar-refractivity contribution >= 4 is 17.3 Å². The van der Waals surface area contributed by atoms with Crippen LogP contribution in [0.3, 0.4) is 0 Å². The molecule has 2 aromatic rings. The van der Waals surface area contributed by atoms with Crippen LogP contribution in [0.15, 0.2) is 36.4 Å². The lowest BCUT2D eigenvalue weighted by Crippen LogP contribution is -2.00. The van der Waals surface area contributed by atoms with Crippen LogP contribution in [0.1, 0.15) is 5.56 Å². The third kappa shape index (κ3) is 2.87. The molecule has 0 spiro atoms. The van der Waals surface area contributed by atoms with Crippen molar-refractivity contribution in [3.05, 3.63) is 62.9 Å². The van der Waals surface area contributed by atoms with Crippen molar-refractivity contribution in [1.29, 1.82) is 0 Å². The van der Waals surface area contributed by atoms with Crippen LogP contribution in [0.25, 0.3) is 0 Å². The van der Waals surface area contributed by atoms with Crippen LogP contribution in [0.2, 0.25) is 5.02 Å². The first-order chi connectivity index (χ1) is 9.52. The van der Waals surface area contributed by atoms with E-state index < -0.39 is 16.4 Å². The number of hydrogen-bond acceptors (Lipinski definition) is 4. The molecule has 0 saturated heterocycles. The van der Waals surface area contributed by atoms with Crippen molar-refractivity contribution in [1.82, 2.24) is 0 Å². The van der Waals surface area contributed by atoms with Crippen molar-refractivity contribution in [2.24, 2.45) is 5.73 Å². The smallest absolute Gasteiger partial charge is 0.305 e. The van der Waals surface area contributed by atoms with Crippen LogP contribution < -0.4 is 10.5 Å². The Morgan fingerprint density at radius 2 is 2.10 bits per heavy atom. The zero-order valence-corrected chi connectivity index (χ0v) is 10.9. The summed E-state index contributed by atoms with van der Waals surface area (Å²) in [6, 6.07) is 8.31. The van der Waals surface area contributed by atoms with E-state index in [9.17, 15) is 14.5 Å². The number of hydrogen-bond donors (Lipinski definition) is 1. The van der Waals surface area contributed by atoms with E-state index in [1.807, 2.05) is 0 Å². The first kappa shape index (κ1) is 14.2. The minimum absolute atomic E-state index is 0.107. The Hall–Kier alpha value is -2.18. The highest BCUT2D eigenvalue weighted by molar-refractivity contribution is 6.32. The van der Waals surface area contributed by atoms with Crippen molar-refractivity contribution in [2.45, 2.75) is 6.54 Å². The van der Waals surface area contributed by atoms with Crippen LogP contribution >= 0.6 is 11.6 Å². The summed E-state index contributed by atoms with van der Waals surface area (Å²) in [5.41, 5.74) is 5.60. The second-order valence-corrected chi connectivity index (χ2v) is 4.31. The summed E-state index contributed by atoms with van der Waals surface area (Å²) >= 11 is 6.00. The van der Waals surface area contributed by atoms with Gasteiger partial charge in [0.1, 0.15) is 11.5 Å². The summed E-state index contributed by atoms with van der Waals surface area (Å²) in [6.07, 6.45) is 0. The molecule has 2 N–H and O–H groups in total. The number of nitro groups is 1. The lowest BCUT2D eigenvalue weighted by atomic mass is 10.2. The van der Waals surface area contributed by atoms with Gasteiger partial charge in [0.15, 0.2) is 0 Å². The highest BCUT2D eigenvalue weighted by Gasteiger charge is 2.16. The van der Waals surface area contributed by atoms with Gasteiger partial charge in [-0.25, -0.2) is 0 Å². The van der Waals surface area contributed by atoms with Gasteiger partial charge in [-0.1, -0.05) is 23.7 Å². The van der Waals surface area contributed by atoms with Crippen LogP contribution in [0, 0.1) is 15.9 Å². The summed E-state index contributed by atoms with van der Waals surface area (Å²) < 4.78 is 19.0. The predicted octanol–water partition coefficient (Wildman–Crippen LogP) is 3.64. The number of nitrogens with two attached hydrogens (primary N) is 1. The molecule has 0 bridgehead atoms. The van der Waals surface area contributed by atoms with Gasteiger partial charge in [0, 0.05) is 24.2 Å². The number of para-hydroxylation sites is 1. The molecule has 0 fully saturated rings. The number of benzene rings is 2. The SMILES string of the molecule is NCc1cccc(Cl)c1Oc1ccc([N+](=O)[O-])c(F)c1. The Bertz CT molecular complexity index is 664. The number of rotatable bonds is 4. The maximum Gasteiger partial charge on any atom is 0.305 e. The Balaban J connectivity index is 2.36. The molecule has 0 atom stereocenters. The molecule has 20 heavy (non-hydrogen) atoms. The van der Waals surface area contributed by atoms with Gasteiger partial charge in [-0.15, -0.1) is 0 Å². The second kappa shape index (κ2) is 5.85. The van der Waals surface area contributed by atoms with E-state index in [2.05, 4.69) is 0 Å². The van der Waals surface area contributed by atoms with Gasteiger partial charge in [-0.05, 0) is 12.1 Å². The fraction of sp³-hybridized carbons (Fsp3) is 0.0769. The normalized spacial score (nSPS) is 10.3. The lowest BCUT2D eigenvalue weighted by molar-refractivity contribution is -0.387. The predicted molar refractivity (Wildman–Crippen MR) is 72.5 cm³/mol. The highest BCUT2D eigenvalue weighted by atomic mass is 35.5. The Labute approximate surface area is 118 Å². The molecule has 7 heteroatoms. The van der Waals surface area contributed by atoms with Crippen LogP contribution in [-0.2, 0) is 6.54 Å². The third-order valence-corrected chi connectivity index (χ3v) is 2.90. The molecule has 0 aliphatic heterocycles. The van der Waals surface area contributed by atoms with E-state index in [-0.39, 0.29) is 12.3 Å². The lowest BCUT2D eigenvalue weighted by Gasteiger charge is -2.11. The molecule has 0 amide bonds. The summed E-state index contributed by atoms with van der Waals surface area (Å²) in [5.74, 6) is -0.560. The van der Waals surface area contributed by atoms with Gasteiger partial charge in [-0.2, -0.15) is 4.39 Å². The zero-order chi connectivity index (χ0) is 14.7. The number of ether oxygens (including phenoxy) is 1. The molecule has 5 nitrogen and oxygen atoms in total. The number of halogens is 2. The molecule has 0 aromatic heterocycles. The maximum absolute atomic E-state index is 13.5. The minimum atomic E-state index is -0.978. The van der Waals surface area contributed by atoms with E-state index in [4.69, 9.17) is 22.1 Å². The first-order valence-electron chi connectivity index (χ1n) is 5.62. The van der Waals surface area contributed by atoms with Crippen LogP contribution in [0.5, 0.6) is 11.5 Å². The van der Waals surface area contributed by atoms with E-state index in [1.54, 1.807) is 18.2 Å². The van der Waals surface area contributed by atoms with Gasteiger partial charge >= 0.3 is 5.69 Å². The molecule has 0 saturated carbocycles. The molecule has 0 unspecified atom stereocenters. The number of nitro benzene ring substituents is 1. The molecule has 0 aliphatic rings. The van der Waals surface area contributed by atoms with E-state index >= 15 is 0 Å². The van der Waals surface area contributed by atoms with Gasteiger partial charge in [-0.3, -0.25) is 10.1 Å². The molecular formula is C13H10ClFN2O3. The van der Waals surface area contributed by atoms with Crippen molar-refractivity contribution in [2.75, 3.05) is 0 Å². The van der Waals surface area contributed by atoms with Gasteiger partial charge in [0.2, 0.25) is 5.82 Å². The molecule has 0 aliphatic carbocycles. The quantitative estimate of drug-likeness (QED) is 0.690.